The van der Waals surface area contributed by atoms with E-state index in [0.717, 1.165) is 11.1 Å². The van der Waals surface area contributed by atoms with E-state index in [0.29, 0.717) is 5.75 Å². The number of hydrogen-bond acceptors (Lipinski definition) is 5. The molecule has 0 aromatic heterocycles. The number of amides is 2. The van der Waals surface area contributed by atoms with Crippen LogP contribution in [0.4, 0.5) is 4.79 Å². The number of ether oxygens (including phenoxy) is 2. The summed E-state index contributed by atoms with van der Waals surface area (Å²) < 4.78 is 10.3. The van der Waals surface area contributed by atoms with Gasteiger partial charge < -0.3 is 25.2 Å². The molecular weight excluding hydrogens is 400 g/mol. The Labute approximate surface area is 181 Å². The van der Waals surface area contributed by atoms with Crippen LogP contribution in [0.2, 0.25) is 0 Å². The quantitative estimate of drug-likeness (QED) is 0.536. The number of carboxylic acids is 1. The molecule has 8 nitrogen and oxygen atoms in total. The van der Waals surface area contributed by atoms with Gasteiger partial charge in [-0.25, -0.2) is 9.59 Å². The van der Waals surface area contributed by atoms with Gasteiger partial charge in [0, 0.05) is 6.42 Å². The molecule has 0 unspecified atom stereocenters. The summed E-state index contributed by atoms with van der Waals surface area (Å²) in [6.45, 7) is 3.57. The standard InChI is InChI=1S/C23H28N2O6/c1-15(2)20(25-23(29)31-14-17-7-5-4-6-8-17)21(26)24-19(22(27)28)13-16-9-11-18(30-3)12-10-16/h4-12,15,19-20H,13-14H2,1-3H3,(H,24,26)(H,25,29)(H,27,28)/t19-,20-/m1/s1. The van der Waals surface area contributed by atoms with E-state index < -0.39 is 30.1 Å². The average molecular weight is 428 g/mol. The van der Waals surface area contributed by atoms with Gasteiger partial charge >= 0.3 is 12.1 Å². The topological polar surface area (TPSA) is 114 Å². The number of rotatable bonds is 10. The first kappa shape index (κ1) is 23.7. The third-order valence-electron chi connectivity index (χ3n) is 4.65. The van der Waals surface area contributed by atoms with Crippen LogP contribution in [0.1, 0.15) is 25.0 Å². The number of benzene rings is 2. The molecule has 0 aliphatic carbocycles. The molecule has 2 atom stereocenters. The summed E-state index contributed by atoms with van der Waals surface area (Å²) in [5, 5.41) is 14.6. The minimum atomic E-state index is -1.17. The molecule has 0 radical (unpaired) electrons. The first-order valence-corrected chi connectivity index (χ1v) is 9.93. The number of hydrogen-bond donors (Lipinski definition) is 3. The van der Waals surface area contributed by atoms with Gasteiger partial charge in [-0.15, -0.1) is 0 Å². The molecule has 0 heterocycles. The highest BCUT2D eigenvalue weighted by Crippen LogP contribution is 2.13. The number of nitrogens with one attached hydrogen (secondary N) is 2. The van der Waals surface area contributed by atoms with E-state index in [1.165, 1.54) is 0 Å². The Hall–Kier alpha value is -3.55. The minimum absolute atomic E-state index is 0.0638. The van der Waals surface area contributed by atoms with Crippen molar-refractivity contribution < 1.29 is 29.0 Å². The molecule has 0 aliphatic rings. The Bertz CT molecular complexity index is 867. The highest BCUT2D eigenvalue weighted by molar-refractivity contribution is 5.89. The molecule has 2 aromatic rings. The molecule has 0 saturated heterocycles. The van der Waals surface area contributed by atoms with Crippen molar-refractivity contribution in [2.45, 2.75) is 39.0 Å². The SMILES string of the molecule is COc1ccc(C[C@@H](NC(=O)[C@H](NC(=O)OCc2ccccc2)C(C)C)C(=O)O)cc1. The van der Waals surface area contributed by atoms with E-state index in [2.05, 4.69) is 10.6 Å². The number of methoxy groups -OCH3 is 1. The van der Waals surface area contributed by atoms with Crippen molar-refractivity contribution in [3.8, 4) is 5.75 Å². The summed E-state index contributed by atoms with van der Waals surface area (Å²) in [5.74, 6) is -1.39. The van der Waals surface area contributed by atoms with E-state index >= 15 is 0 Å². The van der Waals surface area contributed by atoms with Gasteiger partial charge in [0.1, 0.15) is 24.4 Å². The lowest BCUT2D eigenvalue weighted by atomic mass is 10.0. The van der Waals surface area contributed by atoms with Gasteiger partial charge in [-0.1, -0.05) is 56.3 Å². The van der Waals surface area contributed by atoms with E-state index in [4.69, 9.17) is 9.47 Å². The molecule has 31 heavy (non-hydrogen) atoms. The largest absolute Gasteiger partial charge is 0.497 e. The normalized spacial score (nSPS) is 12.5. The predicted octanol–water partition coefficient (Wildman–Crippen LogP) is 2.76. The van der Waals surface area contributed by atoms with Crippen LogP contribution in [0.3, 0.4) is 0 Å². The summed E-state index contributed by atoms with van der Waals surface area (Å²) in [7, 11) is 1.54. The van der Waals surface area contributed by atoms with Gasteiger partial charge in [0.2, 0.25) is 5.91 Å². The molecule has 8 heteroatoms. The number of carbonyl (C=O) groups is 3. The van der Waals surface area contributed by atoms with Gasteiger partial charge in [-0.05, 0) is 29.2 Å². The van der Waals surface area contributed by atoms with E-state index in [1.807, 2.05) is 30.3 Å². The molecule has 3 N–H and O–H groups in total. The van der Waals surface area contributed by atoms with Crippen molar-refractivity contribution in [1.82, 2.24) is 10.6 Å². The molecule has 2 amide bonds. The second kappa shape index (κ2) is 11.6. The minimum Gasteiger partial charge on any atom is -0.497 e. The molecule has 0 saturated carbocycles. The van der Waals surface area contributed by atoms with Crippen LogP contribution in [0, 0.1) is 5.92 Å². The van der Waals surface area contributed by atoms with Crippen molar-refractivity contribution in [3.63, 3.8) is 0 Å². The van der Waals surface area contributed by atoms with Crippen molar-refractivity contribution in [3.05, 3.63) is 65.7 Å². The fraction of sp³-hybridized carbons (Fsp3) is 0.348. The predicted molar refractivity (Wildman–Crippen MR) is 115 cm³/mol. The van der Waals surface area contributed by atoms with Crippen molar-refractivity contribution in [2.24, 2.45) is 5.92 Å². The lowest BCUT2D eigenvalue weighted by molar-refractivity contribution is -0.142. The van der Waals surface area contributed by atoms with Gasteiger partial charge in [-0.2, -0.15) is 0 Å². The van der Waals surface area contributed by atoms with Crippen molar-refractivity contribution in [1.29, 1.82) is 0 Å². The molecule has 0 bridgehead atoms. The summed E-state index contributed by atoms with van der Waals surface area (Å²) in [6, 6.07) is 14.0. The zero-order chi connectivity index (χ0) is 22.8. The molecule has 2 aromatic carbocycles. The van der Waals surface area contributed by atoms with E-state index in [1.54, 1.807) is 45.2 Å². The second-order valence-electron chi connectivity index (χ2n) is 7.38. The first-order valence-electron chi connectivity index (χ1n) is 9.93. The van der Waals surface area contributed by atoms with Crippen LogP contribution in [-0.2, 0) is 27.4 Å². The van der Waals surface area contributed by atoms with Gasteiger partial charge in [-0.3, -0.25) is 4.79 Å². The van der Waals surface area contributed by atoms with Crippen LogP contribution in [0.25, 0.3) is 0 Å². The third kappa shape index (κ3) is 7.65. The maximum Gasteiger partial charge on any atom is 0.408 e. The maximum atomic E-state index is 12.7. The summed E-state index contributed by atoms with van der Waals surface area (Å²) in [4.78, 5) is 36.6. The summed E-state index contributed by atoms with van der Waals surface area (Å²) in [6.07, 6.45) is -0.659. The van der Waals surface area contributed by atoms with Crippen molar-refractivity contribution in [2.75, 3.05) is 7.11 Å². The Balaban J connectivity index is 1.97. The number of carbonyl (C=O) groups excluding carboxylic acids is 2. The second-order valence-corrected chi connectivity index (χ2v) is 7.38. The lowest BCUT2D eigenvalue weighted by Gasteiger charge is -2.24. The molecule has 2 rings (SSSR count). The lowest BCUT2D eigenvalue weighted by Crippen LogP contribution is -2.54. The first-order chi connectivity index (χ1) is 14.8. The number of carboxylic acid groups (broad SMARTS) is 1. The zero-order valence-electron chi connectivity index (χ0n) is 17.8. The monoisotopic (exact) mass is 428 g/mol. The molecule has 0 fully saturated rings. The molecule has 0 spiro atoms. The highest BCUT2D eigenvalue weighted by atomic mass is 16.5. The maximum absolute atomic E-state index is 12.7. The third-order valence-corrected chi connectivity index (χ3v) is 4.65. The van der Waals surface area contributed by atoms with E-state index in [9.17, 15) is 19.5 Å². The van der Waals surface area contributed by atoms with Gasteiger partial charge in [0.05, 0.1) is 7.11 Å². The summed E-state index contributed by atoms with van der Waals surface area (Å²) >= 11 is 0. The Morgan fingerprint density at radius 3 is 2.13 bits per heavy atom. The number of alkyl carbamates (subject to hydrolysis) is 1. The van der Waals surface area contributed by atoms with Gasteiger partial charge in [0.25, 0.3) is 0 Å². The fourth-order valence-electron chi connectivity index (χ4n) is 2.89. The van der Waals surface area contributed by atoms with Crippen LogP contribution >= 0.6 is 0 Å². The smallest absolute Gasteiger partial charge is 0.408 e. The Kier molecular flexibility index (Phi) is 8.87. The Morgan fingerprint density at radius 1 is 0.935 bits per heavy atom. The zero-order valence-corrected chi connectivity index (χ0v) is 17.8. The number of aliphatic carboxylic acids is 1. The molecule has 0 aliphatic heterocycles. The Morgan fingerprint density at radius 2 is 1.58 bits per heavy atom. The van der Waals surface area contributed by atoms with Crippen LogP contribution in [-0.4, -0.2) is 42.3 Å². The van der Waals surface area contributed by atoms with Crippen LogP contribution in [0.5, 0.6) is 5.75 Å². The summed E-state index contributed by atoms with van der Waals surface area (Å²) in [5.41, 5.74) is 1.54. The van der Waals surface area contributed by atoms with Crippen molar-refractivity contribution >= 4 is 18.0 Å². The van der Waals surface area contributed by atoms with Gasteiger partial charge in [0.15, 0.2) is 0 Å². The molecular formula is C23H28N2O6. The van der Waals surface area contributed by atoms with Crippen LogP contribution in [0.15, 0.2) is 54.6 Å². The molecule has 166 valence electrons. The van der Waals surface area contributed by atoms with Crippen LogP contribution < -0.4 is 15.4 Å². The fourth-order valence-corrected chi connectivity index (χ4v) is 2.89. The highest BCUT2D eigenvalue weighted by Gasteiger charge is 2.29. The average Bonchev–Trinajstić information content (AvgIpc) is 2.76. The van der Waals surface area contributed by atoms with E-state index in [-0.39, 0.29) is 18.9 Å².